The molecule has 0 aliphatic carbocycles. The first kappa shape index (κ1) is 24.0. The standard InChI is InChI=1S/C24H27ClN2O2.ClH/c1-18(8-9-19-6-4-3-5-7-19)26-15-20-10-12-22(23(14-20)28-2)29-17-21-11-13-24(25)27-16-21;/h3-7,10-14,16,18,26H,8-9,15,17H2,1-2H3;1H. The minimum atomic E-state index is 0. The second kappa shape index (κ2) is 12.4. The summed E-state index contributed by atoms with van der Waals surface area (Å²) in [5.41, 5.74) is 3.49. The SMILES string of the molecule is COc1cc(CNC(C)CCc2ccccc2)ccc1OCc1ccc(Cl)nc1.Cl. The van der Waals surface area contributed by atoms with E-state index >= 15 is 0 Å². The first-order valence-corrected chi connectivity index (χ1v) is 10.2. The Balaban J connectivity index is 0.00000320. The number of aryl methyl sites for hydroxylation is 1. The molecular weight excluding hydrogens is 419 g/mol. The van der Waals surface area contributed by atoms with Gasteiger partial charge in [-0.1, -0.05) is 54.1 Å². The highest BCUT2D eigenvalue weighted by molar-refractivity contribution is 6.29. The van der Waals surface area contributed by atoms with E-state index in [4.69, 9.17) is 21.1 Å². The van der Waals surface area contributed by atoms with Crippen LogP contribution in [0.15, 0.2) is 66.9 Å². The molecule has 0 bridgehead atoms. The van der Waals surface area contributed by atoms with E-state index in [1.54, 1.807) is 19.4 Å². The minimum Gasteiger partial charge on any atom is -0.493 e. The molecule has 3 aromatic rings. The number of halogens is 2. The van der Waals surface area contributed by atoms with Gasteiger partial charge in [-0.3, -0.25) is 0 Å². The summed E-state index contributed by atoms with van der Waals surface area (Å²) in [4.78, 5) is 4.07. The van der Waals surface area contributed by atoms with Gasteiger partial charge in [0.15, 0.2) is 11.5 Å². The van der Waals surface area contributed by atoms with Crippen molar-refractivity contribution < 1.29 is 9.47 Å². The second-order valence-corrected chi connectivity index (χ2v) is 7.46. The Hall–Kier alpha value is -2.27. The molecule has 1 atom stereocenters. The van der Waals surface area contributed by atoms with Crippen molar-refractivity contribution in [3.05, 3.63) is 88.7 Å². The van der Waals surface area contributed by atoms with E-state index in [2.05, 4.69) is 53.6 Å². The van der Waals surface area contributed by atoms with E-state index in [0.717, 1.165) is 36.3 Å². The summed E-state index contributed by atoms with van der Waals surface area (Å²) < 4.78 is 11.4. The first-order valence-electron chi connectivity index (χ1n) is 9.81. The average Bonchev–Trinajstić information content (AvgIpc) is 2.76. The normalized spacial score (nSPS) is 11.4. The minimum absolute atomic E-state index is 0. The molecule has 2 aromatic carbocycles. The van der Waals surface area contributed by atoms with Crippen LogP contribution in [-0.2, 0) is 19.6 Å². The zero-order chi connectivity index (χ0) is 20.5. The number of rotatable bonds is 10. The third kappa shape index (κ3) is 7.52. The fraction of sp³-hybridized carbons (Fsp3) is 0.292. The quantitative estimate of drug-likeness (QED) is 0.396. The smallest absolute Gasteiger partial charge is 0.161 e. The molecule has 1 aromatic heterocycles. The van der Waals surface area contributed by atoms with Gasteiger partial charge >= 0.3 is 0 Å². The summed E-state index contributed by atoms with van der Waals surface area (Å²) in [5.74, 6) is 1.44. The van der Waals surface area contributed by atoms with Crippen LogP contribution in [-0.4, -0.2) is 18.1 Å². The highest BCUT2D eigenvalue weighted by Crippen LogP contribution is 2.29. The third-order valence-electron chi connectivity index (χ3n) is 4.77. The van der Waals surface area contributed by atoms with Crippen LogP contribution < -0.4 is 14.8 Å². The molecule has 4 nitrogen and oxygen atoms in total. The molecule has 1 heterocycles. The van der Waals surface area contributed by atoms with E-state index in [1.165, 1.54) is 5.56 Å². The number of pyridine rings is 1. The summed E-state index contributed by atoms with van der Waals surface area (Å²) in [7, 11) is 1.66. The molecule has 160 valence electrons. The van der Waals surface area contributed by atoms with E-state index in [9.17, 15) is 0 Å². The molecule has 0 spiro atoms. The molecule has 0 amide bonds. The largest absolute Gasteiger partial charge is 0.493 e. The topological polar surface area (TPSA) is 43.4 Å². The van der Waals surface area contributed by atoms with Crippen LogP contribution in [0.2, 0.25) is 5.15 Å². The van der Waals surface area contributed by atoms with Gasteiger partial charge in [0, 0.05) is 24.3 Å². The van der Waals surface area contributed by atoms with Gasteiger partial charge in [-0.05, 0) is 49.1 Å². The molecule has 0 saturated carbocycles. The van der Waals surface area contributed by atoms with Crippen molar-refractivity contribution in [2.45, 2.75) is 39.0 Å². The average molecular weight is 447 g/mol. The maximum absolute atomic E-state index is 5.89. The Kier molecular flexibility index (Phi) is 9.95. The van der Waals surface area contributed by atoms with Crippen LogP contribution >= 0.6 is 24.0 Å². The van der Waals surface area contributed by atoms with Crippen LogP contribution in [0.3, 0.4) is 0 Å². The third-order valence-corrected chi connectivity index (χ3v) is 5.00. The molecule has 0 radical (unpaired) electrons. The summed E-state index contributed by atoms with van der Waals surface area (Å²) >= 11 is 5.82. The van der Waals surface area contributed by atoms with Crippen molar-refractivity contribution >= 4 is 24.0 Å². The monoisotopic (exact) mass is 446 g/mol. The lowest BCUT2D eigenvalue weighted by Gasteiger charge is -2.16. The number of methoxy groups -OCH3 is 1. The highest BCUT2D eigenvalue weighted by atomic mass is 35.5. The lowest BCUT2D eigenvalue weighted by Crippen LogP contribution is -2.26. The molecule has 6 heteroatoms. The van der Waals surface area contributed by atoms with Gasteiger partial charge in [-0.15, -0.1) is 12.4 Å². The maximum Gasteiger partial charge on any atom is 0.161 e. The fourth-order valence-corrected chi connectivity index (χ4v) is 3.13. The summed E-state index contributed by atoms with van der Waals surface area (Å²) in [6, 6.07) is 20.7. The Labute approximate surface area is 190 Å². The first-order chi connectivity index (χ1) is 14.1. The number of hydrogen-bond donors (Lipinski definition) is 1. The van der Waals surface area contributed by atoms with Gasteiger partial charge in [0.1, 0.15) is 11.8 Å². The molecule has 3 rings (SSSR count). The molecule has 0 saturated heterocycles. The molecule has 0 aliphatic heterocycles. The molecule has 1 N–H and O–H groups in total. The molecular formula is C24H28Cl2N2O2. The lowest BCUT2D eigenvalue weighted by molar-refractivity contribution is 0.284. The number of benzene rings is 2. The number of ether oxygens (including phenoxy) is 2. The van der Waals surface area contributed by atoms with Crippen molar-refractivity contribution in [3.63, 3.8) is 0 Å². The molecule has 0 fully saturated rings. The Morgan fingerprint density at radius 2 is 1.73 bits per heavy atom. The molecule has 30 heavy (non-hydrogen) atoms. The number of aromatic nitrogens is 1. The van der Waals surface area contributed by atoms with Gasteiger partial charge in [0.25, 0.3) is 0 Å². The predicted octanol–water partition coefficient (Wildman–Crippen LogP) is 5.86. The van der Waals surface area contributed by atoms with Crippen molar-refractivity contribution in [1.29, 1.82) is 0 Å². The van der Waals surface area contributed by atoms with E-state index in [-0.39, 0.29) is 12.4 Å². The van der Waals surface area contributed by atoms with Gasteiger partial charge in [0.2, 0.25) is 0 Å². The fourth-order valence-electron chi connectivity index (χ4n) is 3.02. The van der Waals surface area contributed by atoms with Crippen LogP contribution in [0.5, 0.6) is 11.5 Å². The van der Waals surface area contributed by atoms with Crippen LogP contribution in [0.1, 0.15) is 30.0 Å². The summed E-state index contributed by atoms with van der Waals surface area (Å²) in [6.45, 7) is 3.42. The Morgan fingerprint density at radius 3 is 2.43 bits per heavy atom. The van der Waals surface area contributed by atoms with Crippen LogP contribution in [0, 0.1) is 0 Å². The van der Waals surface area contributed by atoms with Crippen molar-refractivity contribution in [2.75, 3.05) is 7.11 Å². The molecule has 0 aliphatic rings. The Morgan fingerprint density at radius 1 is 0.967 bits per heavy atom. The van der Waals surface area contributed by atoms with E-state index < -0.39 is 0 Å². The van der Waals surface area contributed by atoms with Gasteiger partial charge in [-0.2, -0.15) is 0 Å². The van der Waals surface area contributed by atoms with Crippen LogP contribution in [0.4, 0.5) is 0 Å². The zero-order valence-corrected chi connectivity index (χ0v) is 18.9. The highest BCUT2D eigenvalue weighted by Gasteiger charge is 2.08. The number of hydrogen-bond acceptors (Lipinski definition) is 4. The summed E-state index contributed by atoms with van der Waals surface area (Å²) in [6.07, 6.45) is 3.88. The predicted molar refractivity (Wildman–Crippen MR) is 125 cm³/mol. The maximum atomic E-state index is 5.89. The van der Waals surface area contributed by atoms with Gasteiger partial charge < -0.3 is 14.8 Å². The van der Waals surface area contributed by atoms with Gasteiger partial charge in [0.05, 0.1) is 7.11 Å². The van der Waals surface area contributed by atoms with Crippen molar-refractivity contribution in [2.24, 2.45) is 0 Å². The van der Waals surface area contributed by atoms with E-state index in [0.29, 0.717) is 23.6 Å². The number of nitrogens with zero attached hydrogens (tertiary/aromatic N) is 1. The molecule has 1 unspecified atom stereocenters. The number of nitrogens with one attached hydrogen (secondary N) is 1. The van der Waals surface area contributed by atoms with Gasteiger partial charge in [-0.25, -0.2) is 4.98 Å². The Bertz CT molecular complexity index is 889. The van der Waals surface area contributed by atoms with Crippen molar-refractivity contribution in [1.82, 2.24) is 10.3 Å². The second-order valence-electron chi connectivity index (χ2n) is 7.07. The zero-order valence-electron chi connectivity index (χ0n) is 17.3. The van der Waals surface area contributed by atoms with E-state index in [1.807, 2.05) is 18.2 Å². The van der Waals surface area contributed by atoms with Crippen LogP contribution in [0.25, 0.3) is 0 Å². The van der Waals surface area contributed by atoms with Crippen molar-refractivity contribution in [3.8, 4) is 11.5 Å². The summed E-state index contributed by atoms with van der Waals surface area (Å²) in [5, 5.41) is 4.06. The lowest BCUT2D eigenvalue weighted by atomic mass is 10.1.